The molecule has 1 aromatic rings. The number of carbonyl (C=O) groups excluding carboxylic acids is 4. The van der Waals surface area contributed by atoms with E-state index in [4.69, 9.17) is 30.5 Å². The molecule has 2 amide bonds. The summed E-state index contributed by atoms with van der Waals surface area (Å²) in [6, 6.07) is 6.36. The predicted octanol–water partition coefficient (Wildman–Crippen LogP) is 5.46. The molecule has 0 heterocycles. The van der Waals surface area contributed by atoms with Gasteiger partial charge in [0.05, 0.1) is 6.04 Å². The Hall–Kier alpha value is -3.27. The molecule has 39 heavy (non-hydrogen) atoms. The van der Waals surface area contributed by atoms with E-state index in [2.05, 4.69) is 10.6 Å². The lowest BCUT2D eigenvalue weighted by atomic mass is 10.0. The molecule has 0 saturated carbocycles. The van der Waals surface area contributed by atoms with Crippen molar-refractivity contribution < 1.29 is 38.1 Å². The van der Waals surface area contributed by atoms with Gasteiger partial charge in [0.25, 0.3) is 0 Å². The zero-order valence-electron chi connectivity index (χ0n) is 23.8. The van der Waals surface area contributed by atoms with Crippen LogP contribution in [0.2, 0.25) is 5.02 Å². The highest BCUT2D eigenvalue weighted by Crippen LogP contribution is 2.16. The van der Waals surface area contributed by atoms with Gasteiger partial charge in [0, 0.05) is 30.1 Å². The zero-order chi connectivity index (χ0) is 29.6. The van der Waals surface area contributed by atoms with E-state index in [9.17, 15) is 19.2 Å². The second kappa shape index (κ2) is 16.0. The molecule has 1 rings (SSSR count). The average Bonchev–Trinajstić information content (AvgIpc) is 2.77. The number of hydrogen-bond donors (Lipinski definition) is 2. The second-order valence-electron chi connectivity index (χ2n) is 10.8. The van der Waals surface area contributed by atoms with E-state index in [0.29, 0.717) is 36.4 Å². The lowest BCUT2D eigenvalue weighted by Crippen LogP contribution is -2.46. The Morgan fingerprint density at radius 2 is 1.59 bits per heavy atom. The zero-order valence-corrected chi connectivity index (χ0v) is 24.6. The van der Waals surface area contributed by atoms with E-state index in [1.54, 1.807) is 65.8 Å². The maximum absolute atomic E-state index is 12.5. The van der Waals surface area contributed by atoms with Crippen LogP contribution in [0, 0.1) is 0 Å². The summed E-state index contributed by atoms with van der Waals surface area (Å²) >= 11 is 6.07. The Labute approximate surface area is 235 Å². The molecule has 1 aromatic carbocycles. The molecule has 0 aliphatic carbocycles. The third kappa shape index (κ3) is 16.3. The van der Waals surface area contributed by atoms with Crippen LogP contribution < -0.4 is 10.6 Å². The van der Waals surface area contributed by atoms with Gasteiger partial charge in [0.1, 0.15) is 23.9 Å². The van der Waals surface area contributed by atoms with E-state index in [0.717, 1.165) is 0 Å². The van der Waals surface area contributed by atoms with Crippen LogP contribution in [0.15, 0.2) is 36.4 Å². The smallest absolute Gasteiger partial charge is 0.408 e. The van der Waals surface area contributed by atoms with Crippen LogP contribution in [0.5, 0.6) is 0 Å². The van der Waals surface area contributed by atoms with E-state index in [1.807, 2.05) is 0 Å². The van der Waals surface area contributed by atoms with Crippen molar-refractivity contribution in [3.63, 3.8) is 0 Å². The number of carbonyl (C=O) groups is 4. The molecule has 0 spiro atoms. The average molecular weight is 569 g/mol. The highest BCUT2D eigenvalue weighted by atomic mass is 35.5. The Balaban J connectivity index is 2.77. The monoisotopic (exact) mass is 568 g/mol. The number of unbranched alkanes of at least 4 members (excludes halogenated alkanes) is 1. The van der Waals surface area contributed by atoms with Gasteiger partial charge in [0.15, 0.2) is 0 Å². The molecule has 0 unspecified atom stereocenters. The van der Waals surface area contributed by atoms with Gasteiger partial charge < -0.3 is 29.6 Å². The summed E-state index contributed by atoms with van der Waals surface area (Å²) in [5, 5.41) is 5.90. The normalized spacial score (nSPS) is 13.2. The molecule has 11 heteroatoms. The summed E-state index contributed by atoms with van der Waals surface area (Å²) < 4.78 is 21.2. The Morgan fingerprint density at radius 1 is 0.949 bits per heavy atom. The highest BCUT2D eigenvalue weighted by molar-refractivity contribution is 6.31. The van der Waals surface area contributed by atoms with Gasteiger partial charge in [-0.05, 0) is 72.9 Å². The minimum atomic E-state index is -0.962. The molecule has 0 aliphatic rings. The minimum Gasteiger partial charge on any atom is -0.457 e. The van der Waals surface area contributed by atoms with Gasteiger partial charge in [-0.2, -0.15) is 0 Å². The molecule has 0 saturated heterocycles. The fourth-order valence-corrected chi connectivity index (χ4v) is 3.41. The third-order valence-corrected chi connectivity index (χ3v) is 5.13. The fraction of sp³-hybridized carbons (Fsp3) is 0.571. The standard InChI is InChI=1S/C28H41ClN2O8/c1-19(32)37-23(15-16-24(33)38-27(2,3)4)22(31-26(35)39-28(5,6)7)14-10-11-17-30-25(34)36-18-20-12-8-9-13-21(20)29/h8-9,12-13,15-16,22-23H,10-11,14,17-18H2,1-7H3,(H,30,34)(H,31,35)/b16-15+/t22-,23-/m1/s1. The van der Waals surface area contributed by atoms with Crippen molar-refractivity contribution >= 4 is 35.7 Å². The molecular formula is C28H41ClN2O8. The quantitative estimate of drug-likeness (QED) is 0.147. The van der Waals surface area contributed by atoms with Crippen LogP contribution in [0.4, 0.5) is 9.59 Å². The van der Waals surface area contributed by atoms with Gasteiger partial charge in [-0.3, -0.25) is 4.79 Å². The van der Waals surface area contributed by atoms with Crippen LogP contribution in [-0.4, -0.2) is 54.0 Å². The maximum atomic E-state index is 12.5. The van der Waals surface area contributed by atoms with Crippen molar-refractivity contribution in [2.24, 2.45) is 0 Å². The first kappa shape index (κ1) is 33.8. The van der Waals surface area contributed by atoms with Gasteiger partial charge in [-0.1, -0.05) is 29.8 Å². The van der Waals surface area contributed by atoms with Crippen LogP contribution >= 0.6 is 11.6 Å². The lowest BCUT2D eigenvalue weighted by Gasteiger charge is -2.27. The number of alkyl carbamates (subject to hydrolysis) is 2. The number of nitrogens with one attached hydrogen (secondary N) is 2. The molecule has 0 aromatic heterocycles. The molecule has 2 atom stereocenters. The highest BCUT2D eigenvalue weighted by Gasteiger charge is 2.27. The first-order valence-corrected chi connectivity index (χ1v) is 13.2. The Bertz CT molecular complexity index is 998. The van der Waals surface area contributed by atoms with E-state index >= 15 is 0 Å². The minimum absolute atomic E-state index is 0.0431. The summed E-state index contributed by atoms with van der Waals surface area (Å²) in [5.74, 6) is -1.21. The fourth-order valence-electron chi connectivity index (χ4n) is 3.22. The summed E-state index contributed by atoms with van der Waals surface area (Å²) in [6.07, 6.45) is 1.72. The molecule has 0 radical (unpaired) electrons. The van der Waals surface area contributed by atoms with Crippen molar-refractivity contribution in [3.8, 4) is 0 Å². The lowest BCUT2D eigenvalue weighted by molar-refractivity contribution is -0.149. The molecule has 10 nitrogen and oxygen atoms in total. The van der Waals surface area contributed by atoms with Crippen LogP contribution in [0.1, 0.15) is 73.3 Å². The van der Waals surface area contributed by atoms with Gasteiger partial charge in [-0.25, -0.2) is 14.4 Å². The summed E-state index contributed by atoms with van der Waals surface area (Å²) in [7, 11) is 0. The largest absolute Gasteiger partial charge is 0.457 e. The molecular weight excluding hydrogens is 528 g/mol. The number of amides is 2. The van der Waals surface area contributed by atoms with E-state index in [-0.39, 0.29) is 6.61 Å². The van der Waals surface area contributed by atoms with Crippen LogP contribution in [-0.2, 0) is 35.1 Å². The maximum Gasteiger partial charge on any atom is 0.408 e. The van der Waals surface area contributed by atoms with Gasteiger partial charge >= 0.3 is 24.1 Å². The Kier molecular flexibility index (Phi) is 13.8. The van der Waals surface area contributed by atoms with Crippen molar-refractivity contribution in [1.29, 1.82) is 0 Å². The number of esters is 2. The van der Waals surface area contributed by atoms with Crippen LogP contribution in [0.25, 0.3) is 0 Å². The number of rotatable bonds is 12. The predicted molar refractivity (Wildman–Crippen MR) is 147 cm³/mol. The van der Waals surface area contributed by atoms with Crippen molar-refractivity contribution in [2.45, 2.75) is 97.7 Å². The Morgan fingerprint density at radius 3 is 2.18 bits per heavy atom. The number of ether oxygens (including phenoxy) is 4. The summed E-state index contributed by atoms with van der Waals surface area (Å²) in [5.41, 5.74) is -0.749. The van der Waals surface area contributed by atoms with Crippen LogP contribution in [0.3, 0.4) is 0 Å². The summed E-state index contributed by atoms with van der Waals surface area (Å²) in [6.45, 7) is 12.0. The SMILES string of the molecule is CC(=O)O[C@H](/C=C/C(=O)OC(C)(C)C)[C@@H](CCCCNC(=O)OCc1ccccc1Cl)NC(=O)OC(C)(C)C. The topological polar surface area (TPSA) is 129 Å². The van der Waals surface area contributed by atoms with E-state index < -0.39 is 47.5 Å². The second-order valence-corrected chi connectivity index (χ2v) is 11.2. The van der Waals surface area contributed by atoms with Crippen molar-refractivity contribution in [3.05, 3.63) is 47.0 Å². The van der Waals surface area contributed by atoms with Gasteiger partial charge in [0.2, 0.25) is 0 Å². The molecule has 0 bridgehead atoms. The van der Waals surface area contributed by atoms with E-state index in [1.165, 1.54) is 19.1 Å². The number of benzene rings is 1. The summed E-state index contributed by atoms with van der Waals surface area (Å²) in [4.78, 5) is 48.5. The molecule has 0 aliphatic heterocycles. The third-order valence-electron chi connectivity index (χ3n) is 4.76. The van der Waals surface area contributed by atoms with Gasteiger partial charge in [-0.15, -0.1) is 0 Å². The van der Waals surface area contributed by atoms with Crippen molar-refractivity contribution in [1.82, 2.24) is 10.6 Å². The first-order valence-electron chi connectivity index (χ1n) is 12.8. The first-order chi connectivity index (χ1) is 18.1. The number of halogens is 1. The molecule has 2 N–H and O–H groups in total. The molecule has 0 fully saturated rings. The molecule has 218 valence electrons. The number of hydrogen-bond acceptors (Lipinski definition) is 8. The van der Waals surface area contributed by atoms with Crippen molar-refractivity contribution in [2.75, 3.05) is 6.54 Å².